The third kappa shape index (κ3) is 2.21. The van der Waals surface area contributed by atoms with Crippen molar-refractivity contribution in [3.63, 3.8) is 0 Å². The van der Waals surface area contributed by atoms with E-state index < -0.39 is 0 Å². The Kier molecular flexibility index (Phi) is 2.76. The maximum atomic E-state index is 11.9. The molecule has 0 N–H and O–H groups in total. The normalized spacial score (nSPS) is 16.5. The zero-order valence-electron chi connectivity index (χ0n) is 8.35. The van der Waals surface area contributed by atoms with Crippen molar-refractivity contribution in [2.24, 2.45) is 0 Å². The topological polar surface area (TPSA) is 50.3 Å². The molecule has 1 aromatic heterocycles. The molecule has 0 saturated carbocycles. The van der Waals surface area contributed by atoms with Crippen LogP contribution in [0.3, 0.4) is 0 Å². The predicted molar refractivity (Wildman–Crippen MR) is 54.4 cm³/mol. The van der Waals surface area contributed by atoms with E-state index in [2.05, 4.69) is 4.98 Å². The molecule has 0 spiro atoms. The lowest BCUT2D eigenvalue weighted by atomic mass is 10.1. The average molecular weight is 204 g/mol. The molecular formula is C11H12N2O2. The second-order valence-electron chi connectivity index (χ2n) is 3.61. The maximum absolute atomic E-state index is 11.9. The molecule has 0 atom stereocenters. The van der Waals surface area contributed by atoms with Gasteiger partial charge in [-0.3, -0.25) is 14.6 Å². The van der Waals surface area contributed by atoms with Crippen molar-refractivity contribution in [2.75, 3.05) is 13.1 Å². The quantitative estimate of drug-likeness (QED) is 0.682. The Morgan fingerprint density at radius 3 is 3.00 bits per heavy atom. The van der Waals surface area contributed by atoms with Crippen LogP contribution in [0.25, 0.3) is 0 Å². The van der Waals surface area contributed by atoms with Crippen LogP contribution >= 0.6 is 0 Å². The van der Waals surface area contributed by atoms with Crippen molar-refractivity contribution in [1.82, 2.24) is 9.88 Å². The summed E-state index contributed by atoms with van der Waals surface area (Å²) >= 11 is 0. The van der Waals surface area contributed by atoms with Crippen LogP contribution in [0.2, 0.25) is 0 Å². The number of amides is 1. The Labute approximate surface area is 87.9 Å². The number of hydrogen-bond donors (Lipinski definition) is 0. The fraction of sp³-hybridized carbons (Fsp3) is 0.364. The van der Waals surface area contributed by atoms with Gasteiger partial charge in [0.05, 0.1) is 12.1 Å². The van der Waals surface area contributed by atoms with Gasteiger partial charge < -0.3 is 4.90 Å². The number of piperidine rings is 1. The lowest BCUT2D eigenvalue weighted by molar-refractivity contribution is -0.121. The lowest BCUT2D eigenvalue weighted by Crippen LogP contribution is -2.40. The molecule has 1 amide bonds. The number of Topliss-reactive ketones (excluding diaryl/α,β-unsaturated/α-hetero) is 1. The fourth-order valence-electron chi connectivity index (χ4n) is 1.68. The average Bonchev–Trinajstić information content (AvgIpc) is 2.29. The molecule has 0 aromatic carbocycles. The summed E-state index contributed by atoms with van der Waals surface area (Å²) in [6.07, 6.45) is 4.52. The summed E-state index contributed by atoms with van der Waals surface area (Å²) in [5.41, 5.74) is 0.548. The number of hydrogen-bond acceptors (Lipinski definition) is 3. The monoisotopic (exact) mass is 204 g/mol. The van der Waals surface area contributed by atoms with Crippen LogP contribution in [0, 0.1) is 0 Å². The van der Waals surface area contributed by atoms with E-state index in [4.69, 9.17) is 0 Å². The van der Waals surface area contributed by atoms with Gasteiger partial charge in [-0.05, 0) is 18.6 Å². The Balaban J connectivity index is 2.11. The van der Waals surface area contributed by atoms with Gasteiger partial charge in [-0.15, -0.1) is 0 Å². The van der Waals surface area contributed by atoms with Gasteiger partial charge in [0.25, 0.3) is 5.91 Å². The number of aromatic nitrogens is 1. The SMILES string of the molecule is O=C1CCCN(C(=O)c2cccnc2)C1. The Hall–Kier alpha value is -1.71. The number of ketones is 1. The van der Waals surface area contributed by atoms with E-state index in [1.54, 1.807) is 23.2 Å². The van der Waals surface area contributed by atoms with Gasteiger partial charge in [0.2, 0.25) is 0 Å². The minimum Gasteiger partial charge on any atom is -0.331 e. The van der Waals surface area contributed by atoms with E-state index >= 15 is 0 Å². The smallest absolute Gasteiger partial charge is 0.255 e. The van der Waals surface area contributed by atoms with Crippen molar-refractivity contribution in [3.05, 3.63) is 30.1 Å². The third-order valence-corrected chi connectivity index (χ3v) is 2.45. The number of carbonyl (C=O) groups excluding carboxylic acids is 2. The molecule has 78 valence electrons. The van der Waals surface area contributed by atoms with Gasteiger partial charge in [-0.2, -0.15) is 0 Å². The van der Waals surface area contributed by atoms with Crippen molar-refractivity contribution in [3.8, 4) is 0 Å². The zero-order valence-corrected chi connectivity index (χ0v) is 8.35. The highest BCUT2D eigenvalue weighted by Crippen LogP contribution is 2.10. The molecule has 1 aromatic rings. The minimum atomic E-state index is -0.101. The summed E-state index contributed by atoms with van der Waals surface area (Å²) in [6, 6.07) is 3.44. The number of carbonyl (C=O) groups is 2. The molecule has 2 heterocycles. The van der Waals surface area contributed by atoms with Crippen molar-refractivity contribution >= 4 is 11.7 Å². The molecule has 1 aliphatic rings. The largest absolute Gasteiger partial charge is 0.331 e. The Bertz CT molecular complexity index is 375. The Morgan fingerprint density at radius 1 is 1.47 bits per heavy atom. The minimum absolute atomic E-state index is 0.101. The highest BCUT2D eigenvalue weighted by molar-refractivity contribution is 5.97. The summed E-state index contributed by atoms with van der Waals surface area (Å²) < 4.78 is 0. The molecule has 0 aliphatic carbocycles. The van der Waals surface area contributed by atoms with Gasteiger partial charge in [0.15, 0.2) is 5.78 Å². The third-order valence-electron chi connectivity index (χ3n) is 2.45. The maximum Gasteiger partial charge on any atom is 0.255 e. The van der Waals surface area contributed by atoms with Crippen LogP contribution in [0.1, 0.15) is 23.2 Å². The molecule has 0 unspecified atom stereocenters. The molecule has 1 saturated heterocycles. The lowest BCUT2D eigenvalue weighted by Gasteiger charge is -2.25. The van der Waals surface area contributed by atoms with Gasteiger partial charge in [0.1, 0.15) is 0 Å². The number of nitrogens with zero attached hydrogens (tertiary/aromatic N) is 2. The van der Waals surface area contributed by atoms with E-state index in [-0.39, 0.29) is 18.2 Å². The van der Waals surface area contributed by atoms with E-state index in [1.165, 1.54) is 6.20 Å². The van der Waals surface area contributed by atoms with Crippen LogP contribution in [-0.4, -0.2) is 34.7 Å². The summed E-state index contributed by atoms with van der Waals surface area (Å²) in [6.45, 7) is 0.910. The Morgan fingerprint density at radius 2 is 2.33 bits per heavy atom. The molecule has 4 nitrogen and oxygen atoms in total. The molecule has 15 heavy (non-hydrogen) atoms. The van der Waals surface area contributed by atoms with Crippen LogP contribution in [0.15, 0.2) is 24.5 Å². The highest BCUT2D eigenvalue weighted by atomic mass is 16.2. The van der Waals surface area contributed by atoms with Crippen LogP contribution in [0.5, 0.6) is 0 Å². The van der Waals surface area contributed by atoms with Gasteiger partial charge in [-0.1, -0.05) is 0 Å². The standard InChI is InChI=1S/C11H12N2O2/c14-10-4-2-6-13(8-10)11(15)9-3-1-5-12-7-9/h1,3,5,7H,2,4,6,8H2. The molecular weight excluding hydrogens is 192 g/mol. The van der Waals surface area contributed by atoms with Gasteiger partial charge >= 0.3 is 0 Å². The predicted octanol–water partition coefficient (Wildman–Crippen LogP) is 0.887. The summed E-state index contributed by atoms with van der Waals surface area (Å²) in [7, 11) is 0. The van der Waals surface area contributed by atoms with E-state index in [0.717, 1.165) is 6.42 Å². The van der Waals surface area contributed by atoms with Crippen molar-refractivity contribution < 1.29 is 9.59 Å². The molecule has 4 heteroatoms. The first kappa shape index (κ1) is 9.83. The number of rotatable bonds is 1. The molecule has 2 rings (SSSR count). The number of pyridine rings is 1. The van der Waals surface area contributed by atoms with Crippen LogP contribution in [-0.2, 0) is 4.79 Å². The van der Waals surface area contributed by atoms with E-state index in [0.29, 0.717) is 18.5 Å². The van der Waals surface area contributed by atoms with E-state index in [9.17, 15) is 9.59 Å². The van der Waals surface area contributed by atoms with Crippen molar-refractivity contribution in [2.45, 2.75) is 12.8 Å². The first-order valence-electron chi connectivity index (χ1n) is 4.98. The molecule has 0 bridgehead atoms. The molecule has 1 fully saturated rings. The molecule has 1 aliphatic heterocycles. The number of likely N-dealkylation sites (tertiary alicyclic amines) is 1. The van der Waals surface area contributed by atoms with E-state index in [1.807, 2.05) is 0 Å². The zero-order chi connectivity index (χ0) is 10.7. The van der Waals surface area contributed by atoms with Crippen LogP contribution < -0.4 is 0 Å². The summed E-state index contributed by atoms with van der Waals surface area (Å²) in [5, 5.41) is 0. The first-order chi connectivity index (χ1) is 7.27. The van der Waals surface area contributed by atoms with Crippen LogP contribution in [0.4, 0.5) is 0 Å². The van der Waals surface area contributed by atoms with Gasteiger partial charge in [0, 0.05) is 25.4 Å². The first-order valence-corrected chi connectivity index (χ1v) is 4.98. The second kappa shape index (κ2) is 4.21. The summed E-state index contributed by atoms with van der Waals surface area (Å²) in [5.74, 6) is 0.0367. The van der Waals surface area contributed by atoms with Crippen molar-refractivity contribution in [1.29, 1.82) is 0 Å². The molecule has 0 radical (unpaired) electrons. The van der Waals surface area contributed by atoms with Gasteiger partial charge in [-0.25, -0.2) is 0 Å². The second-order valence-corrected chi connectivity index (χ2v) is 3.61. The highest BCUT2D eigenvalue weighted by Gasteiger charge is 2.22. The summed E-state index contributed by atoms with van der Waals surface area (Å²) in [4.78, 5) is 28.6. The fourth-order valence-corrected chi connectivity index (χ4v) is 1.68.